The van der Waals surface area contributed by atoms with Crippen LogP contribution in [0, 0.1) is 0 Å². The average Bonchev–Trinajstić information content (AvgIpc) is 3.13. The number of nitrogens with zero attached hydrogens (tertiary/aromatic N) is 3. The lowest BCUT2D eigenvalue weighted by Crippen LogP contribution is -2.28. The van der Waals surface area contributed by atoms with E-state index < -0.39 is 11.9 Å². The number of halogens is 3. The summed E-state index contributed by atoms with van der Waals surface area (Å²) in [6.07, 6.45) is -1.28. The van der Waals surface area contributed by atoms with Gasteiger partial charge < -0.3 is 5.32 Å². The van der Waals surface area contributed by atoms with Crippen LogP contribution in [0.15, 0.2) is 12.3 Å². The summed E-state index contributed by atoms with van der Waals surface area (Å²) in [5.74, 6) is -0.362. The first-order valence-electron chi connectivity index (χ1n) is 6.77. The van der Waals surface area contributed by atoms with Crippen LogP contribution in [-0.4, -0.2) is 20.1 Å². The van der Waals surface area contributed by atoms with Crippen LogP contribution < -0.4 is 5.32 Å². The van der Waals surface area contributed by atoms with E-state index >= 15 is 0 Å². The second-order valence-electron chi connectivity index (χ2n) is 5.04. The van der Waals surface area contributed by atoms with Gasteiger partial charge in [-0.3, -0.25) is 9.48 Å². The van der Waals surface area contributed by atoms with Gasteiger partial charge in [0, 0.05) is 22.3 Å². The molecule has 2 heterocycles. The van der Waals surface area contributed by atoms with Crippen LogP contribution >= 0.6 is 11.5 Å². The summed E-state index contributed by atoms with van der Waals surface area (Å²) < 4.78 is 43.9. The molecule has 0 atom stereocenters. The summed E-state index contributed by atoms with van der Waals surface area (Å²) in [6.45, 7) is 0.121. The molecule has 0 aromatic carbocycles. The monoisotopic (exact) mass is 330 g/mol. The van der Waals surface area contributed by atoms with Crippen molar-refractivity contribution < 1.29 is 18.0 Å². The summed E-state index contributed by atoms with van der Waals surface area (Å²) in [7, 11) is 0. The van der Waals surface area contributed by atoms with Gasteiger partial charge in [-0.1, -0.05) is 0 Å². The molecular weight excluding hydrogens is 317 g/mol. The summed E-state index contributed by atoms with van der Waals surface area (Å²) in [5, 5.41) is 6.27. The fourth-order valence-electron chi connectivity index (χ4n) is 2.58. The predicted octanol–water partition coefficient (Wildman–Crippen LogP) is 2.16. The van der Waals surface area contributed by atoms with Crippen LogP contribution in [0.1, 0.15) is 28.2 Å². The fraction of sp³-hybridized carbons (Fsp3) is 0.462. The molecule has 9 heteroatoms. The van der Waals surface area contributed by atoms with Gasteiger partial charge in [0.05, 0.1) is 6.54 Å². The van der Waals surface area contributed by atoms with Crippen LogP contribution in [0.2, 0.25) is 0 Å². The Hall–Kier alpha value is -1.90. The van der Waals surface area contributed by atoms with Crippen molar-refractivity contribution in [2.75, 3.05) is 0 Å². The molecule has 0 spiro atoms. The number of alkyl halides is 3. The van der Waals surface area contributed by atoms with Crippen LogP contribution in [-0.2, 0) is 36.9 Å². The number of carbonyl (C=O) groups is 1. The number of rotatable bonds is 4. The summed E-state index contributed by atoms with van der Waals surface area (Å²) in [4.78, 5) is 12.8. The highest BCUT2D eigenvalue weighted by Gasteiger charge is 2.40. The molecule has 0 saturated heterocycles. The van der Waals surface area contributed by atoms with Crippen molar-refractivity contribution in [2.45, 2.75) is 38.5 Å². The molecule has 5 nitrogen and oxygen atoms in total. The molecule has 0 saturated carbocycles. The van der Waals surface area contributed by atoms with Crippen LogP contribution in [0.4, 0.5) is 13.2 Å². The number of nitrogens with one attached hydrogen (secondary N) is 1. The van der Waals surface area contributed by atoms with Gasteiger partial charge >= 0.3 is 6.18 Å². The van der Waals surface area contributed by atoms with Crippen LogP contribution in [0.3, 0.4) is 0 Å². The number of hydrogen-bond donors (Lipinski definition) is 1. The Morgan fingerprint density at radius 1 is 1.41 bits per heavy atom. The van der Waals surface area contributed by atoms with E-state index in [2.05, 4.69) is 14.8 Å². The molecule has 0 bridgehead atoms. The first-order chi connectivity index (χ1) is 10.4. The van der Waals surface area contributed by atoms with E-state index in [1.165, 1.54) is 16.2 Å². The Morgan fingerprint density at radius 2 is 2.23 bits per heavy atom. The minimum Gasteiger partial charge on any atom is -0.350 e. The molecule has 1 aliphatic carbocycles. The molecule has 2 aromatic heterocycles. The maximum absolute atomic E-state index is 12.9. The Kier molecular flexibility index (Phi) is 3.90. The molecule has 1 aliphatic rings. The van der Waals surface area contributed by atoms with Gasteiger partial charge in [-0.2, -0.15) is 18.3 Å². The highest BCUT2D eigenvalue weighted by atomic mass is 32.1. The topological polar surface area (TPSA) is 59.8 Å². The maximum Gasteiger partial charge on any atom is 0.435 e. The quantitative estimate of drug-likeness (QED) is 0.935. The first kappa shape index (κ1) is 15.0. The Labute approximate surface area is 128 Å². The van der Waals surface area contributed by atoms with E-state index in [1.807, 2.05) is 0 Å². The average molecular weight is 330 g/mol. The van der Waals surface area contributed by atoms with Crippen LogP contribution in [0.5, 0.6) is 0 Å². The van der Waals surface area contributed by atoms with Crippen molar-refractivity contribution in [3.63, 3.8) is 0 Å². The molecule has 0 unspecified atom stereocenters. The highest BCUT2D eigenvalue weighted by Crippen LogP contribution is 2.36. The smallest absolute Gasteiger partial charge is 0.350 e. The highest BCUT2D eigenvalue weighted by molar-refractivity contribution is 7.05. The number of amides is 1. The van der Waals surface area contributed by atoms with E-state index in [9.17, 15) is 18.0 Å². The molecule has 0 fully saturated rings. The Balaban J connectivity index is 1.71. The Bertz CT molecular complexity index is 678. The van der Waals surface area contributed by atoms with E-state index in [-0.39, 0.29) is 18.0 Å². The molecular formula is C13H13F3N4OS. The zero-order chi connectivity index (χ0) is 15.7. The van der Waals surface area contributed by atoms with Crippen molar-refractivity contribution in [1.82, 2.24) is 19.5 Å². The van der Waals surface area contributed by atoms with Crippen molar-refractivity contribution in [3.05, 3.63) is 34.1 Å². The minimum atomic E-state index is -4.47. The largest absolute Gasteiger partial charge is 0.435 e. The molecule has 1 amide bonds. The van der Waals surface area contributed by atoms with Crippen molar-refractivity contribution >= 4 is 17.4 Å². The molecule has 118 valence electrons. The van der Waals surface area contributed by atoms with Crippen LogP contribution in [0.25, 0.3) is 0 Å². The molecule has 1 N–H and O–H groups in total. The van der Waals surface area contributed by atoms with E-state index in [4.69, 9.17) is 0 Å². The number of aromatic nitrogens is 3. The maximum atomic E-state index is 12.9. The molecule has 0 radical (unpaired) electrons. The first-order valence-corrected chi connectivity index (χ1v) is 7.54. The number of hydrogen-bond acceptors (Lipinski definition) is 4. The fourth-order valence-corrected chi connectivity index (χ4v) is 3.09. The predicted molar refractivity (Wildman–Crippen MR) is 73.2 cm³/mol. The lowest BCUT2D eigenvalue weighted by atomic mass is 10.2. The molecule has 3 rings (SSSR count). The minimum absolute atomic E-state index is 0.197. The zero-order valence-electron chi connectivity index (χ0n) is 11.5. The van der Waals surface area contributed by atoms with Gasteiger partial charge in [0.15, 0.2) is 5.69 Å². The van der Waals surface area contributed by atoms with Crippen molar-refractivity contribution in [2.24, 2.45) is 0 Å². The van der Waals surface area contributed by atoms with Crippen molar-refractivity contribution in [3.8, 4) is 0 Å². The number of fused-ring (bicyclic) bond motifs is 1. The van der Waals surface area contributed by atoms with E-state index in [1.54, 1.807) is 12.3 Å². The van der Waals surface area contributed by atoms with Gasteiger partial charge in [-0.25, -0.2) is 4.37 Å². The second-order valence-corrected chi connectivity index (χ2v) is 5.96. The third-order valence-corrected chi connectivity index (χ3v) is 4.26. The SMILES string of the molecule is O=C(Cn1nc(C(F)(F)F)c2c1CCC2)NCc1ccns1. The lowest BCUT2D eigenvalue weighted by Gasteiger charge is -2.07. The zero-order valence-corrected chi connectivity index (χ0v) is 12.3. The molecule has 22 heavy (non-hydrogen) atoms. The normalized spacial score (nSPS) is 14.1. The third kappa shape index (κ3) is 2.99. The number of carbonyl (C=O) groups excluding carboxylic acids is 1. The van der Waals surface area contributed by atoms with E-state index in [0.717, 1.165) is 4.88 Å². The van der Waals surface area contributed by atoms with Gasteiger partial charge in [-0.05, 0) is 36.9 Å². The second kappa shape index (κ2) is 5.71. The molecule has 0 aliphatic heterocycles. The Morgan fingerprint density at radius 3 is 2.91 bits per heavy atom. The third-order valence-electron chi connectivity index (χ3n) is 3.52. The van der Waals surface area contributed by atoms with Crippen molar-refractivity contribution in [1.29, 1.82) is 0 Å². The van der Waals surface area contributed by atoms with E-state index in [0.29, 0.717) is 31.5 Å². The summed E-state index contributed by atoms with van der Waals surface area (Å²) in [6, 6.07) is 1.78. The van der Waals surface area contributed by atoms with Gasteiger partial charge in [0.2, 0.25) is 5.91 Å². The van der Waals surface area contributed by atoms with Gasteiger partial charge in [0.25, 0.3) is 0 Å². The van der Waals surface area contributed by atoms with Gasteiger partial charge in [-0.15, -0.1) is 0 Å². The molecule has 2 aromatic rings. The summed E-state index contributed by atoms with van der Waals surface area (Å²) in [5.41, 5.74) is -0.0849. The standard InChI is InChI=1S/C13H13F3N4OS/c14-13(15,16)12-9-2-1-3-10(9)20(19-12)7-11(21)17-6-8-4-5-18-22-8/h4-5H,1-3,6-7H2,(H,17,21). The lowest BCUT2D eigenvalue weighted by molar-refractivity contribution is -0.142. The summed E-state index contributed by atoms with van der Waals surface area (Å²) >= 11 is 1.26. The van der Waals surface area contributed by atoms with Gasteiger partial charge in [0.1, 0.15) is 6.54 Å².